The Hall–Kier alpha value is -1.02. The first-order valence-corrected chi connectivity index (χ1v) is 10.3. The zero-order valence-electron chi connectivity index (χ0n) is 15.7. The molecule has 1 aromatic rings. The summed E-state index contributed by atoms with van der Waals surface area (Å²) in [6.07, 6.45) is 11.5. The molecular weight excluding hydrogens is 312 g/mol. The molecule has 0 radical (unpaired) electrons. The molecule has 2 heteroatoms. The van der Waals surface area contributed by atoms with Crippen LogP contribution in [0.3, 0.4) is 0 Å². The average molecular weight is 345 g/mol. The third kappa shape index (κ3) is 5.81. The van der Waals surface area contributed by atoms with Crippen LogP contribution >= 0.6 is 11.8 Å². The molecule has 1 aliphatic carbocycles. The summed E-state index contributed by atoms with van der Waals surface area (Å²) in [6.45, 7) is 9.20. The first-order chi connectivity index (χ1) is 11.4. The molecule has 1 aliphatic rings. The van der Waals surface area contributed by atoms with Crippen molar-refractivity contribution in [3.05, 3.63) is 41.5 Å². The fourth-order valence-corrected chi connectivity index (χ4v) is 4.47. The van der Waals surface area contributed by atoms with Crippen LogP contribution in [-0.2, 0) is 0 Å². The molecule has 1 nitrogen and oxygen atoms in total. The van der Waals surface area contributed by atoms with Crippen molar-refractivity contribution in [2.24, 2.45) is 11.3 Å². The van der Waals surface area contributed by atoms with Crippen LogP contribution in [0.1, 0.15) is 82.1 Å². The molecule has 24 heavy (non-hydrogen) atoms. The van der Waals surface area contributed by atoms with Crippen molar-refractivity contribution in [1.29, 1.82) is 0 Å². The summed E-state index contributed by atoms with van der Waals surface area (Å²) in [6, 6.07) is 8.05. The molecule has 0 unspecified atom stereocenters. The Labute approximate surface area is 152 Å². The van der Waals surface area contributed by atoms with E-state index in [9.17, 15) is 4.79 Å². The van der Waals surface area contributed by atoms with Gasteiger partial charge in [0.15, 0.2) is 0 Å². The standard InChI is InChI=1S/C22H32OS/c1-5-6-7-8-17-9-11-18(12-10-17)21(23)24-20-15-13-19(14-16-20)22(2,3)4/h7-12,19-20H,5-6,13-16H2,1-4H3/b8-7+. The molecule has 0 aliphatic heterocycles. The molecule has 132 valence electrons. The van der Waals surface area contributed by atoms with Crippen LogP contribution in [0.15, 0.2) is 30.3 Å². The Morgan fingerprint density at radius 3 is 2.29 bits per heavy atom. The number of rotatable bonds is 5. The van der Waals surface area contributed by atoms with Gasteiger partial charge in [0.05, 0.1) is 0 Å². The second kappa shape index (κ2) is 8.89. The summed E-state index contributed by atoms with van der Waals surface area (Å²) in [5, 5.41) is 0.735. The van der Waals surface area contributed by atoms with Crippen molar-refractivity contribution in [3.63, 3.8) is 0 Å². The van der Waals surface area contributed by atoms with Crippen LogP contribution in [0.5, 0.6) is 0 Å². The zero-order valence-corrected chi connectivity index (χ0v) is 16.5. The number of thioether (sulfide) groups is 1. The minimum atomic E-state index is 0.235. The van der Waals surface area contributed by atoms with E-state index in [4.69, 9.17) is 0 Å². The number of hydrogen-bond donors (Lipinski definition) is 0. The van der Waals surface area contributed by atoms with Crippen molar-refractivity contribution < 1.29 is 4.79 Å². The fraction of sp³-hybridized carbons (Fsp3) is 0.591. The van der Waals surface area contributed by atoms with E-state index in [1.54, 1.807) is 11.8 Å². The molecule has 0 amide bonds. The lowest BCUT2D eigenvalue weighted by Crippen LogP contribution is -2.27. The molecule has 0 bridgehead atoms. The Morgan fingerprint density at radius 1 is 1.12 bits per heavy atom. The average Bonchev–Trinajstić information content (AvgIpc) is 2.55. The van der Waals surface area contributed by atoms with Gasteiger partial charge >= 0.3 is 0 Å². The zero-order chi connectivity index (χ0) is 17.6. The van der Waals surface area contributed by atoms with Gasteiger partial charge in [0, 0.05) is 10.8 Å². The minimum absolute atomic E-state index is 0.235. The summed E-state index contributed by atoms with van der Waals surface area (Å²) in [4.78, 5) is 12.5. The third-order valence-corrected chi connectivity index (χ3v) is 6.34. The second-order valence-corrected chi connectivity index (χ2v) is 9.33. The number of carbonyl (C=O) groups excluding carboxylic acids is 1. The molecule has 0 heterocycles. The van der Waals surface area contributed by atoms with Gasteiger partial charge in [-0.25, -0.2) is 0 Å². The van der Waals surface area contributed by atoms with Crippen LogP contribution in [0, 0.1) is 11.3 Å². The van der Waals surface area contributed by atoms with Gasteiger partial charge in [-0.2, -0.15) is 0 Å². The summed E-state index contributed by atoms with van der Waals surface area (Å²) in [5.41, 5.74) is 2.42. The molecule has 0 saturated heterocycles. The van der Waals surface area contributed by atoms with E-state index in [0.717, 1.165) is 17.9 Å². The second-order valence-electron chi connectivity index (χ2n) is 8.06. The van der Waals surface area contributed by atoms with Crippen LogP contribution in [0.25, 0.3) is 6.08 Å². The largest absolute Gasteiger partial charge is 0.282 e. The number of carbonyl (C=O) groups is 1. The van der Waals surface area contributed by atoms with Crippen molar-refractivity contribution >= 4 is 23.0 Å². The number of benzene rings is 1. The number of allylic oxidation sites excluding steroid dienone is 1. The fourth-order valence-electron chi connectivity index (χ4n) is 3.38. The van der Waals surface area contributed by atoms with Gasteiger partial charge in [0.25, 0.3) is 0 Å². The predicted octanol–water partition coefficient (Wildman–Crippen LogP) is 6.98. The van der Waals surface area contributed by atoms with Gasteiger partial charge in [-0.15, -0.1) is 0 Å². The molecular formula is C22H32OS. The van der Waals surface area contributed by atoms with Crippen LogP contribution < -0.4 is 0 Å². The van der Waals surface area contributed by atoms with Crippen LogP contribution in [-0.4, -0.2) is 10.4 Å². The van der Waals surface area contributed by atoms with Gasteiger partial charge in [0.2, 0.25) is 5.12 Å². The highest BCUT2D eigenvalue weighted by Gasteiger charge is 2.30. The normalized spacial score (nSPS) is 22.0. The molecule has 2 rings (SSSR count). The molecule has 1 fully saturated rings. The van der Waals surface area contributed by atoms with Crippen molar-refractivity contribution in [3.8, 4) is 0 Å². The topological polar surface area (TPSA) is 17.1 Å². The summed E-state index contributed by atoms with van der Waals surface area (Å²) < 4.78 is 0. The van der Waals surface area contributed by atoms with Crippen LogP contribution in [0.2, 0.25) is 0 Å². The maximum absolute atomic E-state index is 12.5. The smallest absolute Gasteiger partial charge is 0.219 e. The van der Waals surface area contributed by atoms with Gasteiger partial charge in [-0.05, 0) is 61.1 Å². The van der Waals surface area contributed by atoms with Gasteiger partial charge in [-0.1, -0.05) is 70.2 Å². The molecule has 0 aromatic heterocycles. The van der Waals surface area contributed by atoms with Crippen LogP contribution in [0.4, 0.5) is 0 Å². The monoisotopic (exact) mass is 344 g/mol. The highest BCUT2D eigenvalue weighted by molar-refractivity contribution is 8.14. The molecule has 0 spiro atoms. The summed E-state index contributed by atoms with van der Waals surface area (Å²) in [5.74, 6) is 0.804. The van der Waals surface area contributed by atoms with E-state index in [1.807, 2.05) is 12.1 Å². The van der Waals surface area contributed by atoms with Crippen molar-refractivity contribution in [1.82, 2.24) is 0 Å². The Morgan fingerprint density at radius 2 is 1.75 bits per heavy atom. The molecule has 1 aromatic carbocycles. The predicted molar refractivity (Wildman–Crippen MR) is 108 cm³/mol. The quantitative estimate of drug-likeness (QED) is 0.573. The Bertz CT molecular complexity index is 542. The van der Waals surface area contributed by atoms with Crippen molar-refractivity contribution in [2.45, 2.75) is 71.5 Å². The molecule has 1 saturated carbocycles. The summed E-state index contributed by atoms with van der Waals surface area (Å²) >= 11 is 1.56. The maximum atomic E-state index is 12.5. The third-order valence-electron chi connectivity index (χ3n) is 5.08. The van der Waals surface area contributed by atoms with Gasteiger partial charge < -0.3 is 0 Å². The highest BCUT2D eigenvalue weighted by Crippen LogP contribution is 2.41. The van der Waals surface area contributed by atoms with E-state index in [2.05, 4.69) is 52.0 Å². The SMILES string of the molecule is CCC/C=C/c1ccc(C(=O)SC2CCC(C(C)(C)C)CC2)cc1. The number of hydrogen-bond acceptors (Lipinski definition) is 2. The Kier molecular flexibility index (Phi) is 7.16. The van der Waals surface area contributed by atoms with Gasteiger partial charge in [-0.3, -0.25) is 4.79 Å². The highest BCUT2D eigenvalue weighted by atomic mass is 32.2. The maximum Gasteiger partial charge on any atom is 0.219 e. The van der Waals surface area contributed by atoms with E-state index in [-0.39, 0.29) is 5.12 Å². The molecule has 0 atom stereocenters. The lowest BCUT2D eigenvalue weighted by atomic mass is 9.72. The minimum Gasteiger partial charge on any atom is -0.282 e. The van der Waals surface area contributed by atoms with E-state index < -0.39 is 0 Å². The van der Waals surface area contributed by atoms with E-state index >= 15 is 0 Å². The summed E-state index contributed by atoms with van der Waals surface area (Å²) in [7, 11) is 0. The van der Waals surface area contributed by atoms with Gasteiger partial charge in [0.1, 0.15) is 0 Å². The Balaban J connectivity index is 1.85. The lowest BCUT2D eigenvalue weighted by Gasteiger charge is -2.36. The van der Waals surface area contributed by atoms with E-state index in [0.29, 0.717) is 10.7 Å². The van der Waals surface area contributed by atoms with Crippen molar-refractivity contribution in [2.75, 3.05) is 0 Å². The molecule has 0 N–H and O–H groups in total. The first-order valence-electron chi connectivity index (χ1n) is 9.37. The lowest BCUT2D eigenvalue weighted by molar-refractivity contribution is 0.108. The first kappa shape index (κ1) is 19.3. The number of unbranched alkanes of at least 4 members (excludes halogenated alkanes) is 1. The van der Waals surface area contributed by atoms with E-state index in [1.165, 1.54) is 37.7 Å².